The maximum absolute atomic E-state index is 12.2. The predicted octanol–water partition coefficient (Wildman–Crippen LogP) is 4.81. The standard InChI is InChI=1S/C13H9Br3N2O/c14-7-4-5-11(17)8(6-7)13(19)18-12-9(15)2-1-3-10(12)16/h1-6H,17H2,(H,18,19). The van der Waals surface area contributed by atoms with Crippen LogP contribution in [0.25, 0.3) is 0 Å². The quantitative estimate of drug-likeness (QED) is 0.648. The van der Waals surface area contributed by atoms with Crippen molar-refractivity contribution in [3.8, 4) is 0 Å². The predicted molar refractivity (Wildman–Crippen MR) is 88.3 cm³/mol. The van der Waals surface area contributed by atoms with Crippen molar-refractivity contribution in [2.45, 2.75) is 0 Å². The number of nitrogens with one attached hydrogen (secondary N) is 1. The minimum Gasteiger partial charge on any atom is -0.398 e. The van der Waals surface area contributed by atoms with Crippen molar-refractivity contribution in [2.75, 3.05) is 11.1 Å². The van der Waals surface area contributed by atoms with Gasteiger partial charge < -0.3 is 11.1 Å². The highest BCUT2D eigenvalue weighted by molar-refractivity contribution is 9.11. The van der Waals surface area contributed by atoms with Crippen LogP contribution in [0.15, 0.2) is 49.8 Å². The highest BCUT2D eigenvalue weighted by Gasteiger charge is 2.13. The van der Waals surface area contributed by atoms with E-state index in [0.717, 1.165) is 13.4 Å². The number of carbonyl (C=O) groups is 1. The SMILES string of the molecule is Nc1ccc(Br)cc1C(=O)Nc1c(Br)cccc1Br. The van der Waals surface area contributed by atoms with E-state index in [2.05, 4.69) is 53.1 Å². The maximum Gasteiger partial charge on any atom is 0.257 e. The number of rotatable bonds is 2. The van der Waals surface area contributed by atoms with Crippen molar-refractivity contribution in [1.29, 1.82) is 0 Å². The van der Waals surface area contributed by atoms with E-state index in [4.69, 9.17) is 5.73 Å². The highest BCUT2D eigenvalue weighted by atomic mass is 79.9. The number of hydrogen-bond acceptors (Lipinski definition) is 2. The summed E-state index contributed by atoms with van der Waals surface area (Å²) in [5.74, 6) is -0.258. The molecule has 0 aliphatic rings. The summed E-state index contributed by atoms with van der Waals surface area (Å²) in [6.45, 7) is 0. The number of nitrogen functional groups attached to an aromatic ring is 1. The lowest BCUT2D eigenvalue weighted by molar-refractivity contribution is 0.102. The zero-order chi connectivity index (χ0) is 14.0. The first-order chi connectivity index (χ1) is 8.99. The van der Waals surface area contributed by atoms with E-state index in [0.29, 0.717) is 16.9 Å². The number of anilines is 2. The van der Waals surface area contributed by atoms with Gasteiger partial charge in [-0.05, 0) is 62.2 Å². The Hall–Kier alpha value is -0.850. The average Bonchev–Trinajstić information content (AvgIpc) is 2.37. The smallest absolute Gasteiger partial charge is 0.257 e. The molecule has 0 saturated heterocycles. The minimum absolute atomic E-state index is 0.258. The summed E-state index contributed by atoms with van der Waals surface area (Å²) >= 11 is 10.1. The van der Waals surface area contributed by atoms with E-state index in [1.807, 2.05) is 18.2 Å². The van der Waals surface area contributed by atoms with Gasteiger partial charge in [0.05, 0.1) is 11.3 Å². The number of halogens is 3. The van der Waals surface area contributed by atoms with Gasteiger partial charge in [0.15, 0.2) is 0 Å². The van der Waals surface area contributed by atoms with E-state index >= 15 is 0 Å². The number of para-hydroxylation sites is 1. The second-order valence-corrected chi connectivity index (χ2v) is 6.41. The summed E-state index contributed by atoms with van der Waals surface area (Å²) in [5.41, 5.74) is 7.35. The van der Waals surface area contributed by atoms with Gasteiger partial charge in [0, 0.05) is 19.1 Å². The fourth-order valence-corrected chi connectivity index (χ4v) is 3.08. The van der Waals surface area contributed by atoms with Crippen molar-refractivity contribution >= 4 is 65.1 Å². The Balaban J connectivity index is 2.34. The van der Waals surface area contributed by atoms with E-state index in [-0.39, 0.29) is 5.91 Å². The molecule has 0 spiro atoms. The topological polar surface area (TPSA) is 55.1 Å². The van der Waals surface area contributed by atoms with Gasteiger partial charge in [-0.1, -0.05) is 22.0 Å². The third kappa shape index (κ3) is 3.38. The number of hydrogen-bond donors (Lipinski definition) is 2. The van der Waals surface area contributed by atoms with Gasteiger partial charge >= 0.3 is 0 Å². The van der Waals surface area contributed by atoms with Crippen molar-refractivity contribution in [2.24, 2.45) is 0 Å². The van der Waals surface area contributed by atoms with Crippen LogP contribution < -0.4 is 11.1 Å². The number of benzene rings is 2. The van der Waals surface area contributed by atoms with Gasteiger partial charge in [0.1, 0.15) is 0 Å². The number of carbonyl (C=O) groups excluding carboxylic acids is 1. The molecule has 0 aliphatic heterocycles. The molecule has 3 N–H and O–H groups in total. The van der Waals surface area contributed by atoms with Gasteiger partial charge in [0.25, 0.3) is 5.91 Å². The summed E-state index contributed by atoms with van der Waals surface area (Å²) in [4.78, 5) is 12.2. The molecular weight excluding hydrogens is 440 g/mol. The summed E-state index contributed by atoms with van der Waals surface area (Å²) in [6.07, 6.45) is 0. The van der Waals surface area contributed by atoms with E-state index < -0.39 is 0 Å². The minimum atomic E-state index is -0.258. The molecule has 0 atom stereocenters. The first-order valence-corrected chi connectivity index (χ1v) is 7.67. The molecule has 0 radical (unpaired) electrons. The van der Waals surface area contributed by atoms with E-state index in [1.165, 1.54) is 0 Å². The fourth-order valence-electron chi connectivity index (χ4n) is 1.52. The molecule has 0 heterocycles. The lowest BCUT2D eigenvalue weighted by atomic mass is 10.1. The van der Waals surface area contributed by atoms with Gasteiger partial charge in [-0.3, -0.25) is 4.79 Å². The normalized spacial score (nSPS) is 10.3. The fraction of sp³-hybridized carbons (Fsp3) is 0. The van der Waals surface area contributed by atoms with Crippen LogP contribution in [0, 0.1) is 0 Å². The summed E-state index contributed by atoms with van der Waals surface area (Å²) in [5, 5.41) is 2.83. The molecule has 0 fully saturated rings. The zero-order valence-corrected chi connectivity index (χ0v) is 14.3. The maximum atomic E-state index is 12.2. The Kier molecular flexibility index (Phi) is 4.65. The molecule has 2 aromatic rings. The van der Waals surface area contributed by atoms with Crippen molar-refractivity contribution in [3.63, 3.8) is 0 Å². The molecular formula is C13H9Br3N2O. The Morgan fingerprint density at radius 3 is 2.32 bits per heavy atom. The number of nitrogens with two attached hydrogens (primary N) is 1. The molecule has 0 aromatic heterocycles. The van der Waals surface area contributed by atoms with Crippen molar-refractivity contribution < 1.29 is 4.79 Å². The van der Waals surface area contributed by atoms with E-state index in [9.17, 15) is 4.79 Å². The molecule has 1 amide bonds. The van der Waals surface area contributed by atoms with Crippen molar-refractivity contribution in [3.05, 3.63) is 55.4 Å². The van der Waals surface area contributed by atoms with Crippen LogP contribution in [-0.2, 0) is 0 Å². The van der Waals surface area contributed by atoms with Crippen LogP contribution in [0.2, 0.25) is 0 Å². The Morgan fingerprint density at radius 2 is 1.68 bits per heavy atom. The summed E-state index contributed by atoms with van der Waals surface area (Å²) in [7, 11) is 0. The molecule has 0 saturated carbocycles. The average molecular weight is 449 g/mol. The summed E-state index contributed by atoms with van der Waals surface area (Å²) < 4.78 is 2.39. The molecule has 98 valence electrons. The number of amides is 1. The second kappa shape index (κ2) is 6.07. The lowest BCUT2D eigenvalue weighted by Crippen LogP contribution is -2.14. The monoisotopic (exact) mass is 446 g/mol. The molecule has 19 heavy (non-hydrogen) atoms. The third-order valence-corrected chi connectivity index (χ3v) is 4.28. The van der Waals surface area contributed by atoms with Crippen LogP contribution in [0.5, 0.6) is 0 Å². The summed E-state index contributed by atoms with van der Waals surface area (Å²) in [6, 6.07) is 10.7. The first kappa shape index (κ1) is 14.6. The van der Waals surface area contributed by atoms with E-state index in [1.54, 1.807) is 18.2 Å². The lowest BCUT2D eigenvalue weighted by Gasteiger charge is -2.11. The van der Waals surface area contributed by atoms with Gasteiger partial charge in [-0.25, -0.2) is 0 Å². The Bertz CT molecular complexity index is 624. The van der Waals surface area contributed by atoms with Crippen molar-refractivity contribution in [1.82, 2.24) is 0 Å². The molecule has 6 heteroatoms. The molecule has 0 bridgehead atoms. The third-order valence-electron chi connectivity index (χ3n) is 2.46. The largest absolute Gasteiger partial charge is 0.398 e. The van der Waals surface area contributed by atoms with Gasteiger partial charge in [-0.15, -0.1) is 0 Å². The van der Waals surface area contributed by atoms with Crippen LogP contribution >= 0.6 is 47.8 Å². The van der Waals surface area contributed by atoms with Gasteiger partial charge in [0.2, 0.25) is 0 Å². The Labute approximate surface area is 136 Å². The Morgan fingerprint density at radius 1 is 1.05 bits per heavy atom. The highest BCUT2D eigenvalue weighted by Crippen LogP contribution is 2.31. The molecule has 3 nitrogen and oxygen atoms in total. The first-order valence-electron chi connectivity index (χ1n) is 5.29. The zero-order valence-electron chi connectivity index (χ0n) is 9.58. The van der Waals surface area contributed by atoms with Crippen LogP contribution in [0.4, 0.5) is 11.4 Å². The second-order valence-electron chi connectivity index (χ2n) is 3.78. The van der Waals surface area contributed by atoms with Crippen LogP contribution in [0.1, 0.15) is 10.4 Å². The van der Waals surface area contributed by atoms with Crippen LogP contribution in [-0.4, -0.2) is 5.91 Å². The molecule has 2 aromatic carbocycles. The van der Waals surface area contributed by atoms with Crippen LogP contribution in [0.3, 0.4) is 0 Å². The molecule has 0 unspecified atom stereocenters. The molecule has 0 aliphatic carbocycles. The van der Waals surface area contributed by atoms with Gasteiger partial charge in [-0.2, -0.15) is 0 Å². The molecule has 2 rings (SSSR count).